The molecular weight excluding hydrogens is 568 g/mol. The summed E-state index contributed by atoms with van der Waals surface area (Å²) in [5, 5.41) is 9.26. The largest absolute Gasteiger partial charge is 0.481 e. The minimum atomic E-state index is -0.891. The summed E-state index contributed by atoms with van der Waals surface area (Å²) in [6.45, 7) is 4.51. The highest BCUT2D eigenvalue weighted by Crippen LogP contribution is 2.16. The van der Waals surface area contributed by atoms with E-state index in [9.17, 15) is 14.7 Å². The SMILES string of the molecule is CCCCC/C=C\C/C=C\C/C=C\C/C=C\CCCCCC(=O)OC(CCCCCCCCCCCCCCCCC)CC(=O)O. The molecule has 0 heterocycles. The maximum absolute atomic E-state index is 12.3. The van der Waals surface area contributed by atoms with E-state index in [0.29, 0.717) is 12.8 Å². The molecule has 0 spiro atoms. The van der Waals surface area contributed by atoms with Crippen molar-refractivity contribution in [3.8, 4) is 0 Å². The van der Waals surface area contributed by atoms with Gasteiger partial charge in [0.05, 0.1) is 6.42 Å². The zero-order valence-corrected chi connectivity index (χ0v) is 30.4. The Morgan fingerprint density at radius 3 is 1.33 bits per heavy atom. The van der Waals surface area contributed by atoms with Crippen molar-refractivity contribution in [1.29, 1.82) is 0 Å². The van der Waals surface area contributed by atoms with Crippen molar-refractivity contribution >= 4 is 11.9 Å². The number of carbonyl (C=O) groups excluding carboxylic acids is 1. The summed E-state index contributed by atoms with van der Waals surface area (Å²) in [5.41, 5.74) is 0. The zero-order valence-electron chi connectivity index (χ0n) is 30.4. The highest BCUT2D eigenvalue weighted by molar-refractivity contribution is 5.71. The number of rotatable bonds is 35. The van der Waals surface area contributed by atoms with Crippen LogP contribution >= 0.6 is 0 Å². The maximum atomic E-state index is 12.3. The molecule has 0 saturated heterocycles. The summed E-state index contributed by atoms with van der Waals surface area (Å²) in [4.78, 5) is 23.6. The number of allylic oxidation sites excluding steroid dienone is 8. The number of ether oxygens (including phenoxy) is 1. The van der Waals surface area contributed by atoms with Crippen molar-refractivity contribution in [1.82, 2.24) is 0 Å². The van der Waals surface area contributed by atoms with E-state index in [1.54, 1.807) is 0 Å². The number of esters is 1. The minimum Gasteiger partial charge on any atom is -0.481 e. The third-order valence-corrected chi connectivity index (χ3v) is 8.54. The molecule has 266 valence electrons. The van der Waals surface area contributed by atoms with Crippen LogP contribution in [0.5, 0.6) is 0 Å². The Bertz CT molecular complexity index is 779. The average molecular weight is 643 g/mol. The van der Waals surface area contributed by atoms with E-state index in [4.69, 9.17) is 4.74 Å². The van der Waals surface area contributed by atoms with Crippen LogP contribution in [0.2, 0.25) is 0 Å². The Hall–Kier alpha value is -2.10. The minimum absolute atomic E-state index is 0.0869. The van der Waals surface area contributed by atoms with Crippen molar-refractivity contribution in [2.24, 2.45) is 0 Å². The summed E-state index contributed by atoms with van der Waals surface area (Å²) in [6, 6.07) is 0. The van der Waals surface area contributed by atoms with Gasteiger partial charge in [-0.2, -0.15) is 0 Å². The quantitative estimate of drug-likeness (QED) is 0.0424. The van der Waals surface area contributed by atoms with Gasteiger partial charge in [-0.25, -0.2) is 0 Å². The van der Waals surface area contributed by atoms with E-state index in [-0.39, 0.29) is 12.4 Å². The van der Waals surface area contributed by atoms with Crippen molar-refractivity contribution in [3.05, 3.63) is 48.6 Å². The van der Waals surface area contributed by atoms with Gasteiger partial charge in [-0.05, 0) is 64.2 Å². The van der Waals surface area contributed by atoms with Crippen molar-refractivity contribution in [3.63, 3.8) is 0 Å². The summed E-state index contributed by atoms with van der Waals surface area (Å²) in [7, 11) is 0. The number of hydrogen-bond donors (Lipinski definition) is 1. The Labute approximate surface area is 285 Å². The van der Waals surface area contributed by atoms with E-state index in [2.05, 4.69) is 62.5 Å². The van der Waals surface area contributed by atoms with Crippen LogP contribution in [-0.4, -0.2) is 23.1 Å². The third kappa shape index (κ3) is 36.4. The first-order chi connectivity index (χ1) is 22.6. The van der Waals surface area contributed by atoms with Crippen LogP contribution in [0, 0.1) is 0 Å². The zero-order chi connectivity index (χ0) is 33.6. The Kier molecular flexibility index (Phi) is 35.7. The second kappa shape index (κ2) is 37.4. The highest BCUT2D eigenvalue weighted by atomic mass is 16.5. The Morgan fingerprint density at radius 1 is 0.500 bits per heavy atom. The second-order valence-corrected chi connectivity index (χ2v) is 13.1. The molecule has 0 fully saturated rings. The standard InChI is InChI=1S/C42H74O4/c1-3-5-7-9-11-13-15-17-19-20-21-22-24-26-28-30-32-34-36-38-42(45)46-40(39-41(43)44)37-35-33-31-29-27-25-23-18-16-14-12-10-8-6-4-2/h11,13,17,19,21-22,26,28,40H,3-10,12,14-16,18,20,23-25,27,29-39H2,1-2H3,(H,43,44)/b13-11-,19-17-,22-21-,28-26-. The van der Waals surface area contributed by atoms with Gasteiger partial charge < -0.3 is 9.84 Å². The Balaban J connectivity index is 3.74. The molecule has 4 heteroatoms. The first kappa shape index (κ1) is 43.9. The number of unbranched alkanes of at least 4 members (excludes halogenated alkanes) is 20. The molecule has 0 bridgehead atoms. The molecule has 0 aromatic carbocycles. The Morgan fingerprint density at radius 2 is 0.870 bits per heavy atom. The molecule has 0 radical (unpaired) electrons. The maximum Gasteiger partial charge on any atom is 0.307 e. The topological polar surface area (TPSA) is 63.6 Å². The average Bonchev–Trinajstić information content (AvgIpc) is 3.03. The van der Waals surface area contributed by atoms with Crippen LogP contribution in [0.1, 0.15) is 200 Å². The van der Waals surface area contributed by atoms with Crippen molar-refractivity contribution in [2.45, 2.75) is 206 Å². The van der Waals surface area contributed by atoms with E-state index >= 15 is 0 Å². The van der Waals surface area contributed by atoms with Crippen LogP contribution < -0.4 is 0 Å². The fraction of sp³-hybridized carbons (Fsp3) is 0.762. The second-order valence-electron chi connectivity index (χ2n) is 13.1. The third-order valence-electron chi connectivity index (χ3n) is 8.54. The molecule has 0 aliphatic heterocycles. The van der Waals surface area contributed by atoms with E-state index < -0.39 is 12.1 Å². The summed E-state index contributed by atoms with van der Waals surface area (Å²) in [5.74, 6) is -1.14. The predicted molar refractivity (Wildman–Crippen MR) is 199 cm³/mol. The van der Waals surface area contributed by atoms with Gasteiger partial charge in [-0.1, -0.05) is 172 Å². The van der Waals surface area contributed by atoms with Crippen molar-refractivity contribution in [2.75, 3.05) is 0 Å². The van der Waals surface area contributed by atoms with Crippen LogP contribution in [0.15, 0.2) is 48.6 Å². The van der Waals surface area contributed by atoms with E-state index in [1.165, 1.54) is 109 Å². The molecule has 0 aromatic rings. The van der Waals surface area contributed by atoms with Gasteiger partial charge in [0.15, 0.2) is 0 Å². The monoisotopic (exact) mass is 643 g/mol. The van der Waals surface area contributed by atoms with Gasteiger partial charge in [0.1, 0.15) is 6.10 Å². The lowest BCUT2D eigenvalue weighted by atomic mass is 10.0. The molecule has 0 aliphatic rings. The summed E-state index contributed by atoms with van der Waals surface area (Å²) in [6.07, 6.45) is 49.8. The van der Waals surface area contributed by atoms with Gasteiger partial charge in [0, 0.05) is 6.42 Å². The molecule has 4 nitrogen and oxygen atoms in total. The number of carboxylic acid groups (broad SMARTS) is 1. The lowest BCUT2D eigenvalue weighted by Gasteiger charge is -2.16. The molecule has 1 unspecified atom stereocenters. The van der Waals surface area contributed by atoms with E-state index in [0.717, 1.165) is 57.8 Å². The van der Waals surface area contributed by atoms with Gasteiger partial charge in [0.2, 0.25) is 0 Å². The van der Waals surface area contributed by atoms with Crippen LogP contribution in [-0.2, 0) is 14.3 Å². The summed E-state index contributed by atoms with van der Waals surface area (Å²) >= 11 is 0. The molecule has 0 aliphatic carbocycles. The highest BCUT2D eigenvalue weighted by Gasteiger charge is 2.17. The van der Waals surface area contributed by atoms with Crippen molar-refractivity contribution < 1.29 is 19.4 Å². The van der Waals surface area contributed by atoms with Gasteiger partial charge in [-0.15, -0.1) is 0 Å². The summed E-state index contributed by atoms with van der Waals surface area (Å²) < 4.78 is 5.57. The molecule has 0 amide bonds. The number of hydrogen-bond acceptors (Lipinski definition) is 3. The fourth-order valence-electron chi connectivity index (χ4n) is 5.65. The van der Waals surface area contributed by atoms with Gasteiger partial charge >= 0.3 is 11.9 Å². The van der Waals surface area contributed by atoms with Crippen LogP contribution in [0.4, 0.5) is 0 Å². The molecular formula is C42H74O4. The molecule has 0 rings (SSSR count). The predicted octanol–water partition coefficient (Wildman–Crippen LogP) is 13.6. The number of carboxylic acids is 1. The molecule has 46 heavy (non-hydrogen) atoms. The first-order valence-electron chi connectivity index (χ1n) is 19.6. The van der Waals surface area contributed by atoms with Crippen LogP contribution in [0.25, 0.3) is 0 Å². The molecule has 0 aromatic heterocycles. The number of aliphatic carboxylic acids is 1. The molecule has 1 atom stereocenters. The van der Waals surface area contributed by atoms with E-state index in [1.807, 2.05) is 0 Å². The lowest BCUT2D eigenvalue weighted by molar-refractivity contribution is -0.153. The van der Waals surface area contributed by atoms with Gasteiger partial charge in [0.25, 0.3) is 0 Å². The fourth-order valence-corrected chi connectivity index (χ4v) is 5.65. The first-order valence-corrected chi connectivity index (χ1v) is 19.6. The van der Waals surface area contributed by atoms with Gasteiger partial charge in [-0.3, -0.25) is 9.59 Å². The lowest BCUT2D eigenvalue weighted by Crippen LogP contribution is -2.21. The normalized spacial score (nSPS) is 12.7. The van der Waals surface area contributed by atoms with Crippen LogP contribution in [0.3, 0.4) is 0 Å². The smallest absolute Gasteiger partial charge is 0.307 e. The molecule has 1 N–H and O–H groups in total. The number of carbonyl (C=O) groups is 2. The molecule has 0 saturated carbocycles.